The maximum absolute atomic E-state index is 12.4. The number of carbonyl (C=O) groups excluding carboxylic acids is 1. The van der Waals surface area contributed by atoms with Crippen molar-refractivity contribution >= 4 is 28.8 Å². The van der Waals surface area contributed by atoms with Crippen LogP contribution >= 0.6 is 22.9 Å². The molecule has 26 heavy (non-hydrogen) atoms. The second-order valence-electron chi connectivity index (χ2n) is 6.19. The minimum absolute atomic E-state index is 0.00922. The first-order valence-corrected chi connectivity index (χ1v) is 9.86. The van der Waals surface area contributed by atoms with Crippen molar-refractivity contribution < 1.29 is 10.1 Å². The molecule has 1 heterocycles. The zero-order valence-electron chi connectivity index (χ0n) is 14.6. The average molecular weight is 386 g/mol. The molecule has 5 heteroatoms. The summed E-state index contributed by atoms with van der Waals surface area (Å²) in [5, 5.41) is 7.88. The van der Waals surface area contributed by atoms with Crippen molar-refractivity contribution in [1.29, 1.82) is 0 Å². The largest absolute Gasteiger partial charge is 0.345 e. The molecule has 0 aliphatic heterocycles. The number of amides is 1. The van der Waals surface area contributed by atoms with Crippen LogP contribution in [0, 0.1) is 0 Å². The van der Waals surface area contributed by atoms with Crippen molar-refractivity contribution in [2.45, 2.75) is 19.0 Å². The molecule has 1 aromatic heterocycles. The van der Waals surface area contributed by atoms with Gasteiger partial charge in [-0.05, 0) is 36.1 Å². The Morgan fingerprint density at radius 1 is 1.08 bits per heavy atom. The number of hydrogen-bond acceptors (Lipinski definition) is 2. The molecule has 2 aromatic carbocycles. The van der Waals surface area contributed by atoms with Crippen molar-refractivity contribution in [3.8, 4) is 0 Å². The Morgan fingerprint density at radius 3 is 2.54 bits per heavy atom. The van der Waals surface area contributed by atoms with Crippen LogP contribution in [0.3, 0.4) is 0 Å². The van der Waals surface area contributed by atoms with E-state index in [1.807, 2.05) is 55.5 Å². The average Bonchev–Trinajstić information content (AvgIpc) is 3.17. The fourth-order valence-corrected chi connectivity index (χ4v) is 3.98. The quantitative estimate of drug-likeness (QED) is 0.636. The number of nitrogens with two attached hydrogens (primary N) is 1. The SMILES string of the molecule is C[C@@H](NC(=O)C[NH2+][C@H](c1ccccc1)c1cccs1)c1cccc(Cl)c1. The smallest absolute Gasteiger partial charge is 0.275 e. The minimum Gasteiger partial charge on any atom is -0.345 e. The second kappa shape index (κ2) is 8.99. The van der Waals surface area contributed by atoms with Crippen molar-refractivity contribution in [2.75, 3.05) is 6.54 Å². The predicted molar refractivity (Wildman–Crippen MR) is 107 cm³/mol. The molecular formula is C21H22ClN2OS+. The van der Waals surface area contributed by atoms with Crippen molar-refractivity contribution in [3.05, 3.63) is 93.1 Å². The highest BCUT2D eigenvalue weighted by atomic mass is 35.5. The molecule has 0 aliphatic rings. The van der Waals surface area contributed by atoms with Crippen LogP contribution in [0.15, 0.2) is 72.1 Å². The Kier molecular flexibility index (Phi) is 6.45. The third-order valence-electron chi connectivity index (χ3n) is 4.27. The number of carbonyl (C=O) groups is 1. The fourth-order valence-electron chi connectivity index (χ4n) is 2.93. The van der Waals surface area contributed by atoms with Gasteiger partial charge in [-0.3, -0.25) is 4.79 Å². The lowest BCUT2D eigenvalue weighted by Crippen LogP contribution is -2.87. The monoisotopic (exact) mass is 385 g/mol. The molecule has 3 nitrogen and oxygen atoms in total. The van der Waals surface area contributed by atoms with Crippen LogP contribution in [0.2, 0.25) is 5.02 Å². The normalized spacial score (nSPS) is 13.2. The lowest BCUT2D eigenvalue weighted by Gasteiger charge is -2.17. The van der Waals surface area contributed by atoms with E-state index in [1.165, 1.54) is 10.4 Å². The Morgan fingerprint density at radius 2 is 1.85 bits per heavy atom. The highest BCUT2D eigenvalue weighted by Crippen LogP contribution is 2.22. The number of nitrogens with one attached hydrogen (secondary N) is 1. The number of halogens is 1. The van der Waals surface area contributed by atoms with Crippen molar-refractivity contribution in [3.63, 3.8) is 0 Å². The Bertz CT molecular complexity index is 836. The van der Waals surface area contributed by atoms with Gasteiger partial charge in [-0.2, -0.15) is 0 Å². The van der Waals surface area contributed by atoms with Gasteiger partial charge in [-0.1, -0.05) is 60.1 Å². The van der Waals surface area contributed by atoms with Gasteiger partial charge in [0.2, 0.25) is 0 Å². The Hall–Kier alpha value is -2.14. The molecule has 1 amide bonds. The van der Waals surface area contributed by atoms with Crippen LogP contribution in [0.1, 0.15) is 35.0 Å². The molecule has 0 bridgehead atoms. The van der Waals surface area contributed by atoms with Gasteiger partial charge >= 0.3 is 0 Å². The molecule has 0 unspecified atom stereocenters. The summed E-state index contributed by atoms with van der Waals surface area (Å²) in [5.74, 6) is 0.00922. The summed E-state index contributed by atoms with van der Waals surface area (Å²) >= 11 is 7.75. The van der Waals surface area contributed by atoms with E-state index in [1.54, 1.807) is 11.3 Å². The predicted octanol–water partition coefficient (Wildman–Crippen LogP) is 3.93. The van der Waals surface area contributed by atoms with Gasteiger partial charge in [0.1, 0.15) is 6.04 Å². The van der Waals surface area contributed by atoms with E-state index in [4.69, 9.17) is 11.6 Å². The first-order chi connectivity index (χ1) is 12.6. The molecule has 0 aliphatic carbocycles. The number of thiophene rings is 1. The highest BCUT2D eigenvalue weighted by Gasteiger charge is 2.20. The van der Waals surface area contributed by atoms with E-state index in [9.17, 15) is 4.79 Å². The fraction of sp³-hybridized carbons (Fsp3) is 0.190. The summed E-state index contributed by atoms with van der Waals surface area (Å²) in [6.07, 6.45) is 0. The maximum atomic E-state index is 12.4. The van der Waals surface area contributed by atoms with Gasteiger partial charge in [0.25, 0.3) is 5.91 Å². The zero-order chi connectivity index (χ0) is 18.4. The molecule has 134 valence electrons. The molecule has 3 rings (SSSR count). The maximum Gasteiger partial charge on any atom is 0.275 e. The van der Waals surface area contributed by atoms with Crippen LogP contribution < -0.4 is 10.6 Å². The number of quaternary nitrogens is 1. The highest BCUT2D eigenvalue weighted by molar-refractivity contribution is 7.10. The van der Waals surface area contributed by atoms with Crippen LogP contribution in [-0.4, -0.2) is 12.5 Å². The zero-order valence-corrected chi connectivity index (χ0v) is 16.1. The van der Waals surface area contributed by atoms with Crippen LogP contribution in [0.25, 0.3) is 0 Å². The molecule has 0 radical (unpaired) electrons. The molecule has 0 saturated carbocycles. The summed E-state index contributed by atoms with van der Waals surface area (Å²) in [6, 6.07) is 22.1. The van der Waals surface area contributed by atoms with Gasteiger partial charge in [0, 0.05) is 10.6 Å². The molecular weight excluding hydrogens is 364 g/mol. The molecule has 3 N–H and O–H groups in total. The van der Waals surface area contributed by atoms with E-state index in [2.05, 4.69) is 34.2 Å². The third kappa shape index (κ3) is 4.94. The first-order valence-electron chi connectivity index (χ1n) is 8.60. The second-order valence-corrected chi connectivity index (χ2v) is 7.60. The van der Waals surface area contributed by atoms with E-state index in [-0.39, 0.29) is 18.0 Å². The minimum atomic E-state index is -0.0773. The van der Waals surface area contributed by atoms with E-state index < -0.39 is 0 Å². The molecule has 0 fully saturated rings. The van der Waals surface area contributed by atoms with E-state index in [0.717, 1.165) is 5.56 Å². The summed E-state index contributed by atoms with van der Waals surface area (Å²) in [4.78, 5) is 13.7. The number of rotatable bonds is 7. The topological polar surface area (TPSA) is 45.7 Å². The summed E-state index contributed by atoms with van der Waals surface area (Å²) in [7, 11) is 0. The third-order valence-corrected chi connectivity index (χ3v) is 5.46. The lowest BCUT2D eigenvalue weighted by atomic mass is 10.1. The lowest BCUT2D eigenvalue weighted by molar-refractivity contribution is -0.676. The van der Waals surface area contributed by atoms with Crippen LogP contribution in [0.4, 0.5) is 0 Å². The standard InChI is InChI=1S/C21H21ClN2OS/c1-15(17-9-5-10-18(22)13-17)24-20(25)14-23-21(19-11-6-12-26-19)16-7-3-2-4-8-16/h2-13,15,21,23H,14H2,1H3,(H,24,25)/p+1/t15-,21-/m1/s1. The van der Waals surface area contributed by atoms with Crippen LogP contribution in [-0.2, 0) is 4.79 Å². The summed E-state index contributed by atoms with van der Waals surface area (Å²) < 4.78 is 0. The van der Waals surface area contributed by atoms with Gasteiger partial charge in [0.05, 0.1) is 10.9 Å². The summed E-state index contributed by atoms with van der Waals surface area (Å²) in [5.41, 5.74) is 2.20. The molecule has 0 saturated heterocycles. The number of hydrogen-bond donors (Lipinski definition) is 2. The molecule has 3 aromatic rings. The van der Waals surface area contributed by atoms with Gasteiger partial charge in [-0.25, -0.2) is 0 Å². The van der Waals surface area contributed by atoms with Gasteiger partial charge in [-0.15, -0.1) is 11.3 Å². The first kappa shape index (κ1) is 18.6. The molecule has 0 spiro atoms. The van der Waals surface area contributed by atoms with Crippen LogP contribution in [0.5, 0.6) is 0 Å². The van der Waals surface area contributed by atoms with E-state index >= 15 is 0 Å². The van der Waals surface area contributed by atoms with Crippen molar-refractivity contribution in [1.82, 2.24) is 5.32 Å². The van der Waals surface area contributed by atoms with E-state index in [0.29, 0.717) is 11.6 Å². The Balaban J connectivity index is 1.63. The van der Waals surface area contributed by atoms with Crippen molar-refractivity contribution in [2.24, 2.45) is 0 Å². The summed E-state index contributed by atoms with van der Waals surface area (Å²) in [6.45, 7) is 2.33. The van der Waals surface area contributed by atoms with Gasteiger partial charge < -0.3 is 10.6 Å². The Labute approximate surface area is 163 Å². The van der Waals surface area contributed by atoms with Gasteiger partial charge in [0.15, 0.2) is 6.54 Å². The molecule has 2 atom stereocenters. The number of benzene rings is 2.